The maximum absolute atomic E-state index is 15.6. The molecule has 1 fully saturated rings. The van der Waals surface area contributed by atoms with E-state index < -0.39 is 65.5 Å². The van der Waals surface area contributed by atoms with Crippen LogP contribution < -0.4 is 0 Å². The number of rotatable bonds is 8. The van der Waals surface area contributed by atoms with Gasteiger partial charge < -0.3 is 0 Å². The van der Waals surface area contributed by atoms with Crippen LogP contribution in [0.1, 0.15) is 67.2 Å². The van der Waals surface area contributed by atoms with Crippen molar-refractivity contribution in [1.29, 1.82) is 0 Å². The number of alkyl halides is 10. The third-order valence-electron chi connectivity index (χ3n) is 6.42. The van der Waals surface area contributed by atoms with Crippen molar-refractivity contribution in [2.45, 2.75) is 103 Å². The molecule has 1 heterocycles. The van der Waals surface area contributed by atoms with Crippen molar-refractivity contribution in [2.24, 2.45) is 10.8 Å². The SMILES string of the molecule is CCCC(C)(CC)C(F)(F)C1(F)C(F)(F)C(F)(F)OC1(F)C(F)(F)C(C)(C)CC. The average Bonchev–Trinajstić information content (AvgIpc) is 2.70. The molecule has 0 aromatic heterocycles. The van der Waals surface area contributed by atoms with E-state index in [1.54, 1.807) is 0 Å². The van der Waals surface area contributed by atoms with Gasteiger partial charge >= 0.3 is 29.5 Å². The molecule has 11 heteroatoms. The predicted octanol–water partition coefficient (Wildman–Crippen LogP) is 7.54. The summed E-state index contributed by atoms with van der Waals surface area (Å²) in [7, 11) is 0. The minimum atomic E-state index is -6.59. The van der Waals surface area contributed by atoms with Crippen molar-refractivity contribution < 1.29 is 48.6 Å². The van der Waals surface area contributed by atoms with Crippen LogP contribution in [0.15, 0.2) is 0 Å². The van der Waals surface area contributed by atoms with E-state index in [-0.39, 0.29) is 6.42 Å². The quantitative estimate of drug-likeness (QED) is 0.349. The van der Waals surface area contributed by atoms with Crippen molar-refractivity contribution in [3.63, 3.8) is 0 Å². The summed E-state index contributed by atoms with van der Waals surface area (Å²) in [5.41, 5.74) is -12.0. The molecule has 0 N–H and O–H groups in total. The van der Waals surface area contributed by atoms with Crippen molar-refractivity contribution in [3.8, 4) is 0 Å². The van der Waals surface area contributed by atoms with Gasteiger partial charge in [0.25, 0.3) is 5.92 Å². The van der Waals surface area contributed by atoms with Crippen LogP contribution in [0.4, 0.5) is 43.9 Å². The molecule has 1 rings (SSSR count). The molecule has 1 saturated heterocycles. The Hall–Kier alpha value is -0.740. The second-order valence-corrected chi connectivity index (χ2v) is 8.50. The average molecular weight is 448 g/mol. The summed E-state index contributed by atoms with van der Waals surface area (Å²) in [4.78, 5) is 0. The Kier molecular flexibility index (Phi) is 6.24. The fourth-order valence-electron chi connectivity index (χ4n) is 3.57. The molecule has 1 aliphatic rings. The van der Waals surface area contributed by atoms with Crippen LogP contribution in [0.25, 0.3) is 0 Å². The lowest BCUT2D eigenvalue weighted by atomic mass is 9.64. The normalized spacial score (nSPS) is 32.3. The van der Waals surface area contributed by atoms with Crippen LogP contribution in [-0.4, -0.2) is 35.4 Å². The minimum Gasteiger partial charge on any atom is -0.269 e. The van der Waals surface area contributed by atoms with Gasteiger partial charge in [-0.1, -0.05) is 48.0 Å². The Morgan fingerprint density at radius 1 is 0.724 bits per heavy atom. The first-order valence-electron chi connectivity index (χ1n) is 9.23. The Balaban J connectivity index is 4.02. The number of ether oxygens (including phenoxy) is 1. The Morgan fingerprint density at radius 3 is 1.52 bits per heavy atom. The molecule has 3 atom stereocenters. The number of hydrogen-bond donors (Lipinski definition) is 0. The Labute approximate surface area is 163 Å². The summed E-state index contributed by atoms with van der Waals surface area (Å²) < 4.78 is 151. The van der Waals surface area contributed by atoms with Crippen LogP contribution >= 0.6 is 0 Å². The van der Waals surface area contributed by atoms with Gasteiger partial charge in [0.1, 0.15) is 0 Å². The van der Waals surface area contributed by atoms with Gasteiger partial charge in [-0.3, -0.25) is 4.74 Å². The van der Waals surface area contributed by atoms with E-state index in [1.807, 2.05) is 0 Å². The molecular weight excluding hydrogens is 422 g/mol. The molecule has 0 amide bonds. The number of halogens is 10. The Bertz CT molecular complexity index is 620. The van der Waals surface area contributed by atoms with E-state index in [2.05, 4.69) is 4.74 Å². The topological polar surface area (TPSA) is 9.23 Å². The zero-order valence-corrected chi connectivity index (χ0v) is 17.0. The highest BCUT2D eigenvalue weighted by atomic mass is 19.3. The zero-order valence-electron chi connectivity index (χ0n) is 17.0. The fraction of sp³-hybridized carbons (Fsp3) is 1.00. The second kappa shape index (κ2) is 6.88. The van der Waals surface area contributed by atoms with Crippen molar-refractivity contribution in [1.82, 2.24) is 0 Å². The summed E-state index contributed by atoms with van der Waals surface area (Å²) in [6.07, 6.45) is -8.64. The highest BCUT2D eigenvalue weighted by molar-refractivity contribution is 5.27. The van der Waals surface area contributed by atoms with Crippen LogP contribution in [0, 0.1) is 10.8 Å². The van der Waals surface area contributed by atoms with Crippen molar-refractivity contribution in [2.75, 3.05) is 0 Å². The third kappa shape index (κ3) is 2.84. The second-order valence-electron chi connectivity index (χ2n) is 8.50. The summed E-state index contributed by atoms with van der Waals surface area (Å²) in [5.74, 6) is -23.7. The van der Waals surface area contributed by atoms with Crippen LogP contribution in [0.2, 0.25) is 0 Å². The molecule has 0 saturated carbocycles. The van der Waals surface area contributed by atoms with E-state index in [0.717, 1.165) is 13.8 Å². The summed E-state index contributed by atoms with van der Waals surface area (Å²) in [6, 6.07) is 0. The molecule has 1 nitrogen and oxygen atoms in total. The van der Waals surface area contributed by atoms with Crippen LogP contribution in [-0.2, 0) is 4.74 Å². The molecule has 3 unspecified atom stereocenters. The lowest BCUT2D eigenvalue weighted by molar-refractivity contribution is -0.403. The first kappa shape index (κ1) is 26.3. The molecule has 174 valence electrons. The first-order valence-corrected chi connectivity index (χ1v) is 9.23. The van der Waals surface area contributed by atoms with Gasteiger partial charge in [0, 0.05) is 10.8 Å². The molecule has 0 aromatic rings. The minimum absolute atomic E-state index is 0.158. The van der Waals surface area contributed by atoms with E-state index in [4.69, 9.17) is 0 Å². The van der Waals surface area contributed by atoms with E-state index in [9.17, 15) is 26.3 Å². The van der Waals surface area contributed by atoms with Crippen molar-refractivity contribution in [3.05, 3.63) is 0 Å². The lowest BCUT2D eigenvalue weighted by Gasteiger charge is -2.50. The molecule has 0 aliphatic carbocycles. The van der Waals surface area contributed by atoms with Gasteiger partial charge in [0.2, 0.25) is 0 Å². The molecule has 0 radical (unpaired) electrons. The zero-order chi connectivity index (χ0) is 23.5. The van der Waals surface area contributed by atoms with Gasteiger partial charge in [0.15, 0.2) is 0 Å². The monoisotopic (exact) mass is 448 g/mol. The molecule has 29 heavy (non-hydrogen) atoms. The maximum Gasteiger partial charge on any atom is 0.426 e. The molecule has 0 bridgehead atoms. The van der Waals surface area contributed by atoms with Gasteiger partial charge in [0.05, 0.1) is 0 Å². The van der Waals surface area contributed by atoms with Gasteiger partial charge in [-0.25, -0.2) is 17.6 Å². The van der Waals surface area contributed by atoms with Gasteiger partial charge in [-0.05, 0) is 19.3 Å². The smallest absolute Gasteiger partial charge is 0.269 e. The highest BCUT2D eigenvalue weighted by Gasteiger charge is 3.00. The van der Waals surface area contributed by atoms with E-state index in [0.29, 0.717) is 20.8 Å². The molecule has 0 spiro atoms. The summed E-state index contributed by atoms with van der Waals surface area (Å²) in [6.45, 7) is 4.99. The fourth-order valence-corrected chi connectivity index (χ4v) is 3.57. The van der Waals surface area contributed by atoms with E-state index >= 15 is 17.6 Å². The molecule has 0 aromatic carbocycles. The highest BCUT2D eigenvalue weighted by Crippen LogP contribution is 2.73. The summed E-state index contributed by atoms with van der Waals surface area (Å²) >= 11 is 0. The third-order valence-corrected chi connectivity index (χ3v) is 6.42. The molecular formula is C18H26F10O. The van der Waals surface area contributed by atoms with Crippen molar-refractivity contribution >= 4 is 0 Å². The molecule has 1 aliphatic heterocycles. The van der Waals surface area contributed by atoms with E-state index in [1.165, 1.54) is 6.92 Å². The predicted molar refractivity (Wildman–Crippen MR) is 85.9 cm³/mol. The maximum atomic E-state index is 15.6. The first-order chi connectivity index (χ1) is 12.6. The van der Waals surface area contributed by atoms with Gasteiger partial charge in [-0.2, -0.15) is 26.3 Å². The largest absolute Gasteiger partial charge is 0.426 e. The standard InChI is InChI=1S/C18H26F10O/c1-7-10-12(6,9-3)15(22,23)13(19)16(24,25)18(27,28)29-17(13,26)14(20,21)11(4,5)8-2/h7-10H2,1-6H3. The summed E-state index contributed by atoms with van der Waals surface area (Å²) in [5, 5.41) is 0. The lowest BCUT2D eigenvalue weighted by Crippen LogP contribution is -2.75. The van der Waals surface area contributed by atoms with Gasteiger partial charge in [-0.15, -0.1) is 0 Å². The number of hydrogen-bond acceptors (Lipinski definition) is 1. The van der Waals surface area contributed by atoms with Crippen LogP contribution in [0.3, 0.4) is 0 Å². The Morgan fingerprint density at radius 2 is 1.17 bits per heavy atom. The van der Waals surface area contributed by atoms with Crippen LogP contribution in [0.5, 0.6) is 0 Å².